The van der Waals surface area contributed by atoms with Crippen molar-refractivity contribution in [2.75, 3.05) is 104 Å². The van der Waals surface area contributed by atoms with Crippen LogP contribution >= 0.6 is 0 Å². The number of methoxy groups -OCH3 is 1. The third-order valence-electron chi connectivity index (χ3n) is 15.5. The lowest BCUT2D eigenvalue weighted by Crippen LogP contribution is -2.48. The minimum absolute atomic E-state index is 0.00556. The highest BCUT2D eigenvalue weighted by Crippen LogP contribution is 2.46. The van der Waals surface area contributed by atoms with E-state index < -0.39 is 185 Å². The molecule has 34 nitrogen and oxygen atoms in total. The number of hydrogen-bond donors (Lipinski definition) is 4. The molecular weight excluding hydrogens is 1480 g/mol. The fourth-order valence-electron chi connectivity index (χ4n) is 10.1. The zero-order valence-electron chi connectivity index (χ0n) is 63.3. The van der Waals surface area contributed by atoms with Crippen molar-refractivity contribution in [2.24, 2.45) is 0 Å². The summed E-state index contributed by atoms with van der Waals surface area (Å²) in [6, 6.07) is 12.8. The van der Waals surface area contributed by atoms with Gasteiger partial charge in [0, 0.05) is 125 Å². The van der Waals surface area contributed by atoms with Gasteiger partial charge in [-0.15, -0.1) is 0 Å². The molecule has 0 spiro atoms. The number of nitrogen functional groups attached to an aromatic ring is 1. The molecule has 2 unspecified atom stereocenters. The second-order valence-electron chi connectivity index (χ2n) is 23.9. The highest BCUT2D eigenvalue weighted by molar-refractivity contribution is 6.04. The number of carbonyl (C=O) groups is 13. The molecule has 1 heterocycles. The van der Waals surface area contributed by atoms with Crippen molar-refractivity contribution >= 4 is 99.9 Å². The molecule has 6 N–H and O–H groups in total. The Balaban J connectivity index is 0.000000583. The first-order valence-corrected chi connectivity index (χ1v) is 34.3. The van der Waals surface area contributed by atoms with Gasteiger partial charge in [0.15, 0.2) is 22.7 Å². The maximum atomic E-state index is 13.3. The van der Waals surface area contributed by atoms with Gasteiger partial charge in [-0.2, -0.15) is 8.78 Å². The Kier molecular flexibility index (Phi) is 41.0. The van der Waals surface area contributed by atoms with E-state index in [2.05, 4.69) is 40.0 Å². The van der Waals surface area contributed by atoms with Crippen molar-refractivity contribution in [3.05, 3.63) is 88.3 Å². The molecule has 1 aliphatic heterocycles. The van der Waals surface area contributed by atoms with Crippen molar-refractivity contribution < 1.29 is 156 Å². The van der Waals surface area contributed by atoms with Gasteiger partial charge in [0.2, 0.25) is 58.3 Å². The van der Waals surface area contributed by atoms with E-state index in [0.29, 0.717) is 66.9 Å². The molecule has 1 amide bonds. The number of amides is 1. The highest BCUT2D eigenvalue weighted by Gasteiger charge is 2.34. The molecule has 1 aliphatic carbocycles. The molecule has 0 bridgehead atoms. The molecule has 111 heavy (non-hydrogen) atoms. The lowest BCUT2D eigenvalue weighted by atomic mass is 9.91. The van der Waals surface area contributed by atoms with E-state index in [4.69, 9.17) is 58.6 Å². The van der Waals surface area contributed by atoms with Crippen LogP contribution in [0, 0.1) is 37.1 Å². The molecule has 610 valence electrons. The molecule has 3 aromatic carbocycles. The molecule has 38 heteroatoms. The van der Waals surface area contributed by atoms with E-state index in [-0.39, 0.29) is 31.7 Å². The Morgan fingerprint density at radius 3 is 1.38 bits per heavy atom. The topological polar surface area (TPSA) is 449 Å². The van der Waals surface area contributed by atoms with Gasteiger partial charge in [0.25, 0.3) is 0 Å². The second-order valence-corrected chi connectivity index (χ2v) is 23.9. The number of phenolic OH excluding ortho intramolecular Hbond substituents is 1. The summed E-state index contributed by atoms with van der Waals surface area (Å²) in [5.41, 5.74) is 11.1. The maximum Gasteiger partial charge on any atom is 0.326 e. The van der Waals surface area contributed by atoms with Gasteiger partial charge < -0.3 is 87.1 Å². The van der Waals surface area contributed by atoms with Crippen LogP contribution in [0.3, 0.4) is 0 Å². The molecule has 0 saturated carbocycles. The monoisotopic (exact) mass is 1580 g/mol. The number of halogens is 4. The van der Waals surface area contributed by atoms with Crippen LogP contribution in [-0.4, -0.2) is 198 Å². The predicted molar refractivity (Wildman–Crippen MR) is 377 cm³/mol. The highest BCUT2D eigenvalue weighted by atomic mass is 19.2. The number of esters is 12. The summed E-state index contributed by atoms with van der Waals surface area (Å²) in [4.78, 5) is 159. The van der Waals surface area contributed by atoms with Gasteiger partial charge >= 0.3 is 71.6 Å². The smallest absolute Gasteiger partial charge is 0.326 e. The van der Waals surface area contributed by atoms with Crippen LogP contribution in [0.4, 0.5) is 28.9 Å². The zero-order chi connectivity index (χ0) is 83.0. The molecule has 0 radical (unpaired) electrons. The SMILES string of the molecule is CCCCCC(C(=O)OCOC(C)=O)N(CC(=O)OCOC(C)=O)CC(=O)OCOC(C)=O.CCN(CCCC(=O)NCCCCC(C(=O)OCOC(C)=O)N(CC(=O)OCOC(C)=O)CC(=O)OCOC(C)=O)c1cc(OC)c(-c2c3ccc(=[NH2+])cc-3oc3cc(N)ccc23)cc1C.Cc1c(F)c(F)c(O)c(F)c1F. The summed E-state index contributed by atoms with van der Waals surface area (Å²) in [6.45, 7) is 8.56. The third-order valence-corrected chi connectivity index (χ3v) is 15.5. The van der Waals surface area contributed by atoms with Crippen LogP contribution in [0.25, 0.3) is 33.4 Å². The number of hydrogen-bond acceptors (Lipinski definition) is 32. The first-order valence-electron chi connectivity index (χ1n) is 34.3. The van der Waals surface area contributed by atoms with Crippen molar-refractivity contribution in [1.82, 2.24) is 15.1 Å². The number of carbonyl (C=O) groups excluding carboxylic acids is 13. The van der Waals surface area contributed by atoms with Crippen molar-refractivity contribution in [3.8, 4) is 33.9 Å². The Morgan fingerprint density at radius 2 is 0.964 bits per heavy atom. The van der Waals surface area contributed by atoms with Crippen LogP contribution in [0.15, 0.2) is 52.9 Å². The van der Waals surface area contributed by atoms with E-state index in [9.17, 15) is 79.9 Å². The minimum Gasteiger partial charge on any atom is -0.503 e. The summed E-state index contributed by atoms with van der Waals surface area (Å²) in [6.07, 6.45) is 3.81. The van der Waals surface area contributed by atoms with Gasteiger partial charge in [-0.25, -0.2) is 8.78 Å². The number of aromatic hydroxyl groups is 1. The summed E-state index contributed by atoms with van der Waals surface area (Å²) in [7, 11) is 1.62. The Bertz CT molecular complexity index is 3910. The molecule has 0 saturated heterocycles. The molecule has 5 rings (SSSR count). The first-order chi connectivity index (χ1) is 52.5. The summed E-state index contributed by atoms with van der Waals surface area (Å²) in [5.74, 6) is -16.9. The molecular formula is C73H93F4N6O28+. The number of unbranched alkanes of at least 4 members (excludes halogenated alkanes) is 3. The maximum absolute atomic E-state index is 13.3. The number of ether oxygens (including phenoxy) is 13. The standard InChI is InChI=1S/C46H57N5O15.C20H31NO12.C7H4F4O/c1-7-50(38-22-39(59-6)36(19-28(38)2)45-34-15-13-32(47)20-40(34)66-41-21-33(48)14-16-35(41)45)18-10-12-42(55)49-17-9-8-11-37(46(58)65-27-62-31(5)54)51(23-43(56)63-25-60-29(3)52)24-44(57)64-26-61-30(4)53;1-5-6-7-8-17(20(27)33-13-30-16(4)24)21(9-18(25)31-11-28-14(2)22)10-19(26)32-12-29-15(3)23;1-2-3(8)5(10)7(12)6(11)4(2)9/h13-16,19-22,37,47H,7-12,17-18,23-27,48H2,1-6H3,(H,49,55);17H,5-13H2,1-4H3;12H,1H3/p+1. The number of nitrogens with two attached hydrogens (primary N) is 2. The molecule has 2 atom stereocenters. The number of rotatable bonds is 41. The molecule has 3 aromatic rings. The van der Waals surface area contributed by atoms with Gasteiger partial charge in [0.05, 0.1) is 39.4 Å². The number of aryl methyl sites for hydroxylation is 1. The molecule has 0 fully saturated rings. The Morgan fingerprint density at radius 1 is 0.532 bits per heavy atom. The average molecular weight is 1580 g/mol. The summed E-state index contributed by atoms with van der Waals surface area (Å²) < 4.78 is 119. The quantitative estimate of drug-likeness (QED) is 0.00570. The second kappa shape index (κ2) is 48.7. The fraction of sp³-hybridized carbons (Fsp3) is 0.479. The molecule has 0 aromatic heterocycles. The number of phenols is 1. The van der Waals surface area contributed by atoms with Gasteiger partial charge in [-0.3, -0.25) is 77.5 Å². The van der Waals surface area contributed by atoms with Crippen molar-refractivity contribution in [3.63, 3.8) is 0 Å². The normalized spacial score (nSPS) is 11.2. The van der Waals surface area contributed by atoms with E-state index in [1.807, 2.05) is 51.1 Å². The van der Waals surface area contributed by atoms with Crippen molar-refractivity contribution in [1.29, 1.82) is 0 Å². The Hall–Kier alpha value is -11.7. The molecule has 2 aliphatic rings. The Labute approximate surface area is 634 Å². The number of nitrogens with zero attached hydrogens (tertiary/aromatic N) is 3. The third kappa shape index (κ3) is 33.4. The lowest BCUT2D eigenvalue weighted by molar-refractivity contribution is -0.177. The van der Waals surface area contributed by atoms with E-state index in [0.717, 1.165) is 104 Å². The van der Waals surface area contributed by atoms with Gasteiger partial charge in [-0.1, -0.05) is 26.2 Å². The van der Waals surface area contributed by atoms with Crippen LogP contribution in [0.2, 0.25) is 0 Å². The van der Waals surface area contributed by atoms with E-state index in [1.165, 1.54) is 0 Å². The lowest BCUT2D eigenvalue weighted by Gasteiger charge is -2.28. The van der Waals surface area contributed by atoms with Crippen molar-refractivity contribution in [2.45, 2.75) is 139 Å². The zero-order valence-corrected chi connectivity index (χ0v) is 63.3. The van der Waals surface area contributed by atoms with Gasteiger partial charge in [0.1, 0.15) is 29.2 Å². The van der Waals surface area contributed by atoms with Crippen LogP contribution in [0.5, 0.6) is 11.5 Å². The average Bonchev–Trinajstić information content (AvgIpc) is 0.746. The predicted octanol–water partition coefficient (Wildman–Crippen LogP) is 5.20. The first kappa shape index (κ1) is 93.5. The number of anilines is 2. The fourth-order valence-corrected chi connectivity index (χ4v) is 10.1. The van der Waals surface area contributed by atoms with Crippen LogP contribution < -0.4 is 31.5 Å². The van der Waals surface area contributed by atoms with E-state index in [1.54, 1.807) is 19.2 Å². The number of fused-ring (bicyclic) bond motifs is 2. The van der Waals surface area contributed by atoms with E-state index >= 15 is 0 Å². The minimum atomic E-state index is -1.77. The van der Waals surface area contributed by atoms with Crippen LogP contribution in [0.1, 0.15) is 124 Å². The number of nitrogens with one attached hydrogen (secondary N) is 1. The summed E-state index contributed by atoms with van der Waals surface area (Å²) in [5, 5.41) is 18.9. The van der Waals surface area contributed by atoms with Gasteiger partial charge in [-0.05, 0) is 82.7 Å². The number of benzene rings is 4. The largest absolute Gasteiger partial charge is 0.503 e. The van der Waals surface area contributed by atoms with Crippen LogP contribution in [-0.2, 0) is 119 Å². The summed E-state index contributed by atoms with van der Waals surface area (Å²) >= 11 is 0.